The van der Waals surface area contributed by atoms with Crippen LogP contribution in [-0.2, 0) is 0 Å². The van der Waals surface area contributed by atoms with Crippen LogP contribution in [0.3, 0.4) is 0 Å². The van der Waals surface area contributed by atoms with Crippen molar-refractivity contribution in [2.45, 2.75) is 6.42 Å². The molecule has 0 radical (unpaired) electrons. The zero-order chi connectivity index (χ0) is 11.3. The Labute approximate surface area is 98.6 Å². The van der Waals surface area contributed by atoms with E-state index < -0.39 is 0 Å². The van der Waals surface area contributed by atoms with Crippen molar-refractivity contribution in [1.82, 2.24) is 9.88 Å². The summed E-state index contributed by atoms with van der Waals surface area (Å²) in [6.07, 6.45) is 2.57. The van der Waals surface area contributed by atoms with Gasteiger partial charge < -0.3 is 15.4 Å². The maximum Gasteiger partial charge on any atom is 0.228 e. The number of nitrogens with zero attached hydrogens (tertiary/aromatic N) is 2. The number of nitrogens with two attached hydrogens (primary N) is 1. The lowest BCUT2D eigenvalue weighted by Gasteiger charge is -2.10. The van der Waals surface area contributed by atoms with Gasteiger partial charge in [0.15, 0.2) is 0 Å². The van der Waals surface area contributed by atoms with Crippen LogP contribution in [0.4, 0.5) is 5.69 Å². The van der Waals surface area contributed by atoms with E-state index in [1.54, 1.807) is 12.3 Å². The molecule has 0 atom stereocenters. The van der Waals surface area contributed by atoms with Gasteiger partial charge in [0.25, 0.3) is 0 Å². The Morgan fingerprint density at radius 2 is 2.27 bits per heavy atom. The highest BCUT2D eigenvalue weighted by molar-refractivity contribution is 9.10. The predicted molar refractivity (Wildman–Crippen MR) is 65.0 cm³/mol. The summed E-state index contributed by atoms with van der Waals surface area (Å²) in [5.41, 5.74) is 6.19. The molecule has 0 aliphatic carbocycles. The van der Waals surface area contributed by atoms with Crippen molar-refractivity contribution in [2.24, 2.45) is 0 Å². The van der Waals surface area contributed by atoms with E-state index in [0.717, 1.165) is 17.4 Å². The van der Waals surface area contributed by atoms with Crippen LogP contribution in [0.25, 0.3) is 0 Å². The normalized spacial score (nSPS) is 10.7. The van der Waals surface area contributed by atoms with Gasteiger partial charge in [0, 0.05) is 6.54 Å². The molecule has 0 bridgehead atoms. The quantitative estimate of drug-likeness (QED) is 0.831. The van der Waals surface area contributed by atoms with Gasteiger partial charge in [-0.15, -0.1) is 0 Å². The van der Waals surface area contributed by atoms with Crippen molar-refractivity contribution in [3.05, 3.63) is 16.7 Å². The van der Waals surface area contributed by atoms with Crippen molar-refractivity contribution < 1.29 is 4.74 Å². The lowest BCUT2D eigenvalue weighted by atomic mass is 10.4. The van der Waals surface area contributed by atoms with Crippen LogP contribution in [0.15, 0.2) is 16.7 Å². The third-order valence-electron chi connectivity index (χ3n) is 1.82. The van der Waals surface area contributed by atoms with Crippen molar-refractivity contribution in [2.75, 3.05) is 33.0 Å². The maximum atomic E-state index is 5.57. The Morgan fingerprint density at radius 1 is 1.53 bits per heavy atom. The molecular weight excluding hydrogens is 258 g/mol. The van der Waals surface area contributed by atoms with Crippen molar-refractivity contribution in [1.29, 1.82) is 0 Å². The van der Waals surface area contributed by atoms with Crippen molar-refractivity contribution in [3.63, 3.8) is 0 Å². The fourth-order valence-corrected chi connectivity index (χ4v) is 1.58. The summed E-state index contributed by atoms with van der Waals surface area (Å²) < 4.78 is 6.30. The fraction of sp³-hybridized carbons (Fsp3) is 0.500. The van der Waals surface area contributed by atoms with Gasteiger partial charge in [-0.2, -0.15) is 0 Å². The minimum absolute atomic E-state index is 0.600. The number of anilines is 1. The Bertz CT molecular complexity index is 318. The van der Waals surface area contributed by atoms with Gasteiger partial charge in [-0.1, -0.05) is 0 Å². The van der Waals surface area contributed by atoms with Gasteiger partial charge in [-0.3, -0.25) is 0 Å². The Hall–Kier alpha value is -0.810. The number of hydrogen-bond donors (Lipinski definition) is 1. The van der Waals surface area contributed by atoms with Crippen LogP contribution >= 0.6 is 15.9 Å². The van der Waals surface area contributed by atoms with Gasteiger partial charge in [-0.25, -0.2) is 4.98 Å². The summed E-state index contributed by atoms with van der Waals surface area (Å²) in [6, 6.07) is 1.79. The molecule has 15 heavy (non-hydrogen) atoms. The second kappa shape index (κ2) is 5.92. The average molecular weight is 274 g/mol. The molecule has 0 aromatic carbocycles. The molecule has 0 aliphatic rings. The first kappa shape index (κ1) is 12.3. The molecule has 2 N–H and O–H groups in total. The number of nitrogen functional groups attached to an aromatic ring is 1. The lowest BCUT2D eigenvalue weighted by Crippen LogP contribution is -2.15. The fourth-order valence-electron chi connectivity index (χ4n) is 1.10. The Morgan fingerprint density at radius 3 is 2.87 bits per heavy atom. The largest absolute Gasteiger partial charge is 0.477 e. The molecule has 1 rings (SSSR count). The molecule has 1 heterocycles. The van der Waals surface area contributed by atoms with E-state index in [9.17, 15) is 0 Å². The highest BCUT2D eigenvalue weighted by atomic mass is 79.9. The molecule has 0 aliphatic heterocycles. The lowest BCUT2D eigenvalue weighted by molar-refractivity contribution is 0.272. The second-order valence-corrected chi connectivity index (χ2v) is 4.42. The summed E-state index contributed by atoms with van der Waals surface area (Å²) in [5.74, 6) is 0.600. The van der Waals surface area contributed by atoms with Gasteiger partial charge in [0.05, 0.1) is 23.0 Å². The first-order valence-corrected chi connectivity index (χ1v) is 5.57. The van der Waals surface area contributed by atoms with E-state index in [1.165, 1.54) is 0 Å². The Balaban J connectivity index is 2.37. The molecule has 0 saturated carbocycles. The average Bonchev–Trinajstić information content (AvgIpc) is 2.14. The van der Waals surface area contributed by atoms with Crippen molar-refractivity contribution in [3.8, 4) is 5.88 Å². The van der Waals surface area contributed by atoms with Gasteiger partial charge >= 0.3 is 0 Å². The number of aromatic nitrogens is 1. The number of pyridine rings is 1. The van der Waals surface area contributed by atoms with E-state index in [4.69, 9.17) is 10.5 Å². The number of rotatable bonds is 5. The van der Waals surface area contributed by atoms with Crippen LogP contribution in [0.5, 0.6) is 5.88 Å². The molecule has 0 spiro atoms. The highest BCUT2D eigenvalue weighted by Gasteiger charge is 2.02. The molecule has 0 amide bonds. The first-order valence-electron chi connectivity index (χ1n) is 4.78. The minimum atomic E-state index is 0.600. The monoisotopic (exact) mass is 273 g/mol. The molecule has 4 nitrogen and oxygen atoms in total. The maximum absolute atomic E-state index is 5.57. The molecular formula is C10H16BrN3O. The van der Waals surface area contributed by atoms with Crippen LogP contribution in [0, 0.1) is 0 Å². The smallest absolute Gasteiger partial charge is 0.228 e. The zero-order valence-electron chi connectivity index (χ0n) is 9.03. The summed E-state index contributed by atoms with van der Waals surface area (Å²) in [7, 11) is 4.08. The van der Waals surface area contributed by atoms with Gasteiger partial charge in [0.1, 0.15) is 0 Å². The van der Waals surface area contributed by atoms with E-state index >= 15 is 0 Å². The molecule has 0 saturated heterocycles. The van der Waals surface area contributed by atoms with Crippen LogP contribution in [0.1, 0.15) is 6.42 Å². The summed E-state index contributed by atoms with van der Waals surface area (Å²) in [6.45, 7) is 1.67. The highest BCUT2D eigenvalue weighted by Crippen LogP contribution is 2.23. The Kier molecular flexibility index (Phi) is 4.84. The standard InChI is InChI=1S/C10H16BrN3O/c1-14(2)4-3-5-15-10-9(11)6-8(12)7-13-10/h6-7H,3-5,12H2,1-2H3. The molecule has 1 aromatic heterocycles. The van der Waals surface area contributed by atoms with Gasteiger partial charge in [-0.05, 0) is 42.5 Å². The van der Waals surface area contributed by atoms with Crippen LogP contribution in [-0.4, -0.2) is 37.1 Å². The SMILES string of the molecule is CN(C)CCCOc1ncc(N)cc1Br. The molecule has 84 valence electrons. The third kappa shape index (κ3) is 4.48. The first-order chi connectivity index (χ1) is 7.09. The number of halogens is 1. The topological polar surface area (TPSA) is 51.4 Å². The summed E-state index contributed by atoms with van der Waals surface area (Å²) in [5, 5.41) is 0. The summed E-state index contributed by atoms with van der Waals surface area (Å²) >= 11 is 3.35. The molecule has 5 heteroatoms. The molecule has 0 fully saturated rings. The third-order valence-corrected chi connectivity index (χ3v) is 2.39. The minimum Gasteiger partial charge on any atom is -0.477 e. The number of hydrogen-bond acceptors (Lipinski definition) is 4. The van der Waals surface area contributed by atoms with Crippen LogP contribution < -0.4 is 10.5 Å². The summed E-state index contributed by atoms with van der Waals surface area (Å²) in [4.78, 5) is 6.21. The van der Waals surface area contributed by atoms with Crippen molar-refractivity contribution >= 4 is 21.6 Å². The van der Waals surface area contributed by atoms with Gasteiger partial charge in [0.2, 0.25) is 5.88 Å². The van der Waals surface area contributed by atoms with E-state index in [-0.39, 0.29) is 0 Å². The van der Waals surface area contributed by atoms with E-state index in [0.29, 0.717) is 18.2 Å². The van der Waals surface area contributed by atoms with Crippen LogP contribution in [0.2, 0.25) is 0 Å². The molecule has 1 aromatic rings. The zero-order valence-corrected chi connectivity index (χ0v) is 10.6. The van der Waals surface area contributed by atoms with E-state index in [1.807, 2.05) is 14.1 Å². The second-order valence-electron chi connectivity index (χ2n) is 3.56. The van der Waals surface area contributed by atoms with E-state index in [2.05, 4.69) is 25.8 Å². The predicted octanol–water partition coefficient (Wildman–Crippen LogP) is 1.76. The number of ether oxygens (including phenoxy) is 1. The molecule has 0 unspecified atom stereocenters.